The van der Waals surface area contributed by atoms with Crippen molar-refractivity contribution in [3.63, 3.8) is 0 Å². The highest BCUT2D eigenvalue weighted by Gasteiger charge is 2.17. The Labute approximate surface area is 97.3 Å². The summed E-state index contributed by atoms with van der Waals surface area (Å²) in [5.74, 6) is 0.415. The average molecular weight is 217 g/mol. The van der Waals surface area contributed by atoms with Crippen LogP contribution < -0.4 is 0 Å². The van der Waals surface area contributed by atoms with Gasteiger partial charge in [-0.05, 0) is 30.5 Å². The zero-order valence-electron chi connectivity index (χ0n) is 10.1. The lowest BCUT2D eigenvalue weighted by molar-refractivity contribution is -0.121. The molecule has 0 radical (unpaired) electrons. The molecule has 1 aliphatic heterocycles. The Morgan fingerprint density at radius 2 is 1.69 bits per heavy atom. The van der Waals surface area contributed by atoms with Gasteiger partial charge in [-0.2, -0.15) is 0 Å². The maximum absolute atomic E-state index is 11.2. The Morgan fingerprint density at radius 3 is 2.25 bits per heavy atom. The number of ketones is 1. The smallest absolute Gasteiger partial charge is 0.135 e. The molecule has 0 aliphatic carbocycles. The van der Waals surface area contributed by atoms with Gasteiger partial charge in [-0.1, -0.05) is 18.2 Å². The van der Waals surface area contributed by atoms with E-state index in [0.717, 1.165) is 32.5 Å². The first-order chi connectivity index (χ1) is 7.66. The Morgan fingerprint density at radius 1 is 1.12 bits per heavy atom. The van der Waals surface area contributed by atoms with Crippen LogP contribution in [0.5, 0.6) is 0 Å². The zero-order valence-corrected chi connectivity index (χ0v) is 10.1. The van der Waals surface area contributed by atoms with Crippen molar-refractivity contribution in [3.05, 3.63) is 34.9 Å². The van der Waals surface area contributed by atoms with Crippen molar-refractivity contribution < 1.29 is 4.79 Å². The fourth-order valence-corrected chi connectivity index (χ4v) is 2.28. The van der Waals surface area contributed by atoms with Crippen molar-refractivity contribution in [2.24, 2.45) is 0 Å². The molecule has 1 aromatic carbocycles. The molecule has 0 unspecified atom stereocenters. The maximum Gasteiger partial charge on any atom is 0.135 e. The highest BCUT2D eigenvalue weighted by atomic mass is 16.1. The summed E-state index contributed by atoms with van der Waals surface area (Å²) in [5, 5.41) is 0. The average Bonchev–Trinajstić information content (AvgIpc) is 2.26. The number of rotatable bonds is 2. The van der Waals surface area contributed by atoms with Gasteiger partial charge < -0.3 is 0 Å². The number of likely N-dealkylation sites (tertiary alicyclic amines) is 1. The zero-order chi connectivity index (χ0) is 11.5. The second-order valence-corrected chi connectivity index (χ2v) is 4.69. The van der Waals surface area contributed by atoms with E-state index in [1.54, 1.807) is 0 Å². The van der Waals surface area contributed by atoms with Crippen LogP contribution in [0.3, 0.4) is 0 Å². The lowest BCUT2D eigenvalue weighted by Gasteiger charge is -2.27. The quantitative estimate of drug-likeness (QED) is 0.758. The molecular weight excluding hydrogens is 198 g/mol. The van der Waals surface area contributed by atoms with Crippen LogP contribution >= 0.6 is 0 Å². The molecule has 2 heteroatoms. The first kappa shape index (κ1) is 11.3. The molecule has 1 fully saturated rings. The molecule has 0 amide bonds. The van der Waals surface area contributed by atoms with E-state index >= 15 is 0 Å². The largest absolute Gasteiger partial charge is 0.300 e. The number of hydrogen-bond acceptors (Lipinski definition) is 2. The first-order valence-electron chi connectivity index (χ1n) is 5.96. The number of carbonyl (C=O) groups is 1. The molecule has 1 saturated heterocycles. The summed E-state index contributed by atoms with van der Waals surface area (Å²) in [5.41, 5.74) is 4.14. The number of piperidine rings is 1. The Kier molecular flexibility index (Phi) is 3.39. The van der Waals surface area contributed by atoms with Gasteiger partial charge in [0.2, 0.25) is 0 Å². The second kappa shape index (κ2) is 4.79. The van der Waals surface area contributed by atoms with E-state index in [9.17, 15) is 4.79 Å². The molecule has 0 spiro atoms. The minimum Gasteiger partial charge on any atom is -0.300 e. The normalized spacial score (nSPS) is 17.8. The van der Waals surface area contributed by atoms with Crippen LogP contribution in [0.1, 0.15) is 29.5 Å². The van der Waals surface area contributed by atoms with Crippen LogP contribution in [-0.4, -0.2) is 23.8 Å². The molecule has 2 nitrogen and oxygen atoms in total. The number of hydrogen-bond donors (Lipinski definition) is 0. The van der Waals surface area contributed by atoms with Crippen LogP contribution in [0, 0.1) is 13.8 Å². The number of benzene rings is 1. The lowest BCUT2D eigenvalue weighted by atomic mass is 10.0. The van der Waals surface area contributed by atoms with Crippen molar-refractivity contribution in [1.29, 1.82) is 0 Å². The molecule has 0 atom stereocenters. The summed E-state index contributed by atoms with van der Waals surface area (Å²) in [6.07, 6.45) is 1.45. The van der Waals surface area contributed by atoms with E-state index in [0.29, 0.717) is 5.78 Å². The van der Waals surface area contributed by atoms with Gasteiger partial charge in [-0.15, -0.1) is 0 Å². The predicted molar refractivity (Wildman–Crippen MR) is 65.4 cm³/mol. The number of Topliss-reactive ketones (excluding diaryl/α,β-unsaturated/α-hetero) is 1. The summed E-state index contributed by atoms with van der Waals surface area (Å²) in [4.78, 5) is 13.6. The van der Waals surface area contributed by atoms with E-state index in [-0.39, 0.29) is 0 Å². The highest BCUT2D eigenvalue weighted by Crippen LogP contribution is 2.17. The third-order valence-electron chi connectivity index (χ3n) is 3.44. The highest BCUT2D eigenvalue weighted by molar-refractivity contribution is 5.79. The van der Waals surface area contributed by atoms with Gasteiger partial charge in [0.15, 0.2) is 0 Å². The van der Waals surface area contributed by atoms with Crippen molar-refractivity contribution in [1.82, 2.24) is 4.90 Å². The van der Waals surface area contributed by atoms with Gasteiger partial charge in [0.1, 0.15) is 5.78 Å². The standard InChI is InChI=1S/C14H19NO/c1-11-4-3-5-12(2)14(11)10-15-8-6-13(16)7-9-15/h3-5H,6-10H2,1-2H3. The fourth-order valence-electron chi connectivity index (χ4n) is 2.28. The molecule has 2 rings (SSSR count). The Hall–Kier alpha value is -1.15. The third-order valence-corrected chi connectivity index (χ3v) is 3.44. The van der Waals surface area contributed by atoms with Crippen LogP contribution in [0.25, 0.3) is 0 Å². The second-order valence-electron chi connectivity index (χ2n) is 4.69. The number of aryl methyl sites for hydroxylation is 2. The third kappa shape index (κ3) is 2.50. The molecular formula is C14H19NO. The van der Waals surface area contributed by atoms with E-state index in [2.05, 4.69) is 36.9 Å². The van der Waals surface area contributed by atoms with Gasteiger partial charge >= 0.3 is 0 Å². The van der Waals surface area contributed by atoms with Crippen LogP contribution in [0.4, 0.5) is 0 Å². The van der Waals surface area contributed by atoms with Crippen molar-refractivity contribution >= 4 is 5.78 Å². The molecule has 1 aliphatic rings. The topological polar surface area (TPSA) is 20.3 Å². The Balaban J connectivity index is 2.06. The van der Waals surface area contributed by atoms with Crippen molar-refractivity contribution in [2.45, 2.75) is 33.2 Å². The molecule has 16 heavy (non-hydrogen) atoms. The summed E-state index contributed by atoms with van der Waals surface area (Å²) in [7, 11) is 0. The predicted octanol–water partition coefficient (Wildman–Crippen LogP) is 2.47. The van der Waals surface area contributed by atoms with Crippen LogP contribution in [-0.2, 0) is 11.3 Å². The SMILES string of the molecule is Cc1cccc(C)c1CN1CCC(=O)CC1. The minimum absolute atomic E-state index is 0.415. The summed E-state index contributed by atoms with van der Waals surface area (Å²) in [6.45, 7) is 7.17. The van der Waals surface area contributed by atoms with E-state index in [4.69, 9.17) is 0 Å². The minimum atomic E-state index is 0.415. The lowest BCUT2D eigenvalue weighted by Crippen LogP contribution is -2.33. The molecule has 86 valence electrons. The maximum atomic E-state index is 11.2. The van der Waals surface area contributed by atoms with Crippen molar-refractivity contribution in [2.75, 3.05) is 13.1 Å². The van der Waals surface area contributed by atoms with Gasteiger partial charge in [0, 0.05) is 32.5 Å². The molecule has 0 aromatic heterocycles. The van der Waals surface area contributed by atoms with Gasteiger partial charge in [0.25, 0.3) is 0 Å². The van der Waals surface area contributed by atoms with E-state index in [1.165, 1.54) is 16.7 Å². The molecule has 0 bridgehead atoms. The number of nitrogens with zero attached hydrogens (tertiary/aromatic N) is 1. The molecule has 0 N–H and O–H groups in total. The first-order valence-corrected chi connectivity index (χ1v) is 5.96. The van der Waals surface area contributed by atoms with Crippen LogP contribution in [0.2, 0.25) is 0 Å². The summed E-state index contributed by atoms with van der Waals surface area (Å²) >= 11 is 0. The monoisotopic (exact) mass is 217 g/mol. The Bertz CT molecular complexity index is 367. The molecule has 0 saturated carbocycles. The number of carbonyl (C=O) groups excluding carboxylic acids is 1. The fraction of sp³-hybridized carbons (Fsp3) is 0.500. The van der Waals surface area contributed by atoms with Gasteiger partial charge in [0.05, 0.1) is 0 Å². The summed E-state index contributed by atoms with van der Waals surface area (Å²) in [6, 6.07) is 6.43. The molecule has 1 aromatic rings. The van der Waals surface area contributed by atoms with Crippen LogP contribution in [0.15, 0.2) is 18.2 Å². The van der Waals surface area contributed by atoms with Gasteiger partial charge in [-0.25, -0.2) is 0 Å². The van der Waals surface area contributed by atoms with Gasteiger partial charge in [-0.3, -0.25) is 9.69 Å². The van der Waals surface area contributed by atoms with E-state index < -0.39 is 0 Å². The summed E-state index contributed by atoms with van der Waals surface area (Å²) < 4.78 is 0. The van der Waals surface area contributed by atoms with Crippen molar-refractivity contribution in [3.8, 4) is 0 Å². The molecule has 1 heterocycles. The van der Waals surface area contributed by atoms with E-state index in [1.807, 2.05) is 0 Å².